The molecule has 1 fully saturated rings. The van der Waals surface area contributed by atoms with Crippen molar-refractivity contribution in [2.45, 2.75) is 24.7 Å². The Balaban J connectivity index is 1.58. The molecular weight excluding hydrogens is 577 g/mol. The third kappa shape index (κ3) is 6.77. The monoisotopic (exact) mass is 602 g/mol. The highest BCUT2D eigenvalue weighted by Gasteiger charge is 2.39. The van der Waals surface area contributed by atoms with Crippen molar-refractivity contribution in [2.24, 2.45) is 20.2 Å². The average Bonchev–Trinajstić information content (AvgIpc) is 3.39. The molecule has 0 bridgehead atoms. The second-order valence-corrected chi connectivity index (χ2v) is 11.7. The number of hydrogen-bond donors (Lipinski definition) is 1. The van der Waals surface area contributed by atoms with Gasteiger partial charge in [0.1, 0.15) is 11.7 Å². The van der Waals surface area contributed by atoms with Gasteiger partial charge in [0, 0.05) is 42.4 Å². The molecule has 0 radical (unpaired) electrons. The first-order valence-electron chi connectivity index (χ1n) is 12.8. The molecule has 2 aliphatic rings. The number of guanidine groups is 1. The maximum Gasteiger partial charge on any atom is 0.325 e. The summed E-state index contributed by atoms with van der Waals surface area (Å²) in [6, 6.07) is 21.7. The first kappa shape index (κ1) is 28.8. The largest absolute Gasteiger partial charge is 0.383 e. The van der Waals surface area contributed by atoms with Gasteiger partial charge in [-0.15, -0.1) is 4.40 Å². The van der Waals surface area contributed by atoms with Gasteiger partial charge in [-0.05, 0) is 47.5 Å². The van der Waals surface area contributed by atoms with Gasteiger partial charge < -0.3 is 5.73 Å². The van der Waals surface area contributed by atoms with Crippen LogP contribution in [0.5, 0.6) is 0 Å². The normalized spacial score (nSPS) is 20.2. The number of benzene rings is 3. The summed E-state index contributed by atoms with van der Waals surface area (Å²) in [5.74, 6) is -4.22. The standard InChI is InChI=1S/C28H26ClF3N6O2S/c29-22-10-6-20(7-11-22)25-24(19-4-2-1-3-5-19)18-38(35-25)27(34-26(33)21-8-12-23(30)13-9-21)36-41(39,40)37-16-14-28(31,32)15-17-37/h1-13,24H,14-18H2,(H2,33,34,36). The van der Waals surface area contributed by atoms with Gasteiger partial charge in [-0.3, -0.25) is 0 Å². The van der Waals surface area contributed by atoms with E-state index in [1.807, 2.05) is 30.3 Å². The van der Waals surface area contributed by atoms with E-state index in [1.54, 1.807) is 24.3 Å². The fraction of sp³-hybridized carbons (Fsp3) is 0.250. The van der Waals surface area contributed by atoms with Crippen molar-refractivity contribution in [3.8, 4) is 0 Å². The molecule has 13 heteroatoms. The zero-order chi connectivity index (χ0) is 29.2. The molecule has 214 valence electrons. The Hall–Kier alpha value is -3.74. The summed E-state index contributed by atoms with van der Waals surface area (Å²) in [5.41, 5.74) is 8.82. The Morgan fingerprint density at radius 3 is 2.24 bits per heavy atom. The Morgan fingerprint density at radius 1 is 0.976 bits per heavy atom. The molecule has 2 heterocycles. The van der Waals surface area contributed by atoms with Crippen molar-refractivity contribution < 1.29 is 21.6 Å². The first-order chi connectivity index (χ1) is 19.5. The average molecular weight is 603 g/mol. The van der Waals surface area contributed by atoms with Gasteiger partial charge in [-0.1, -0.05) is 54.1 Å². The van der Waals surface area contributed by atoms with Gasteiger partial charge in [-0.2, -0.15) is 22.8 Å². The smallest absolute Gasteiger partial charge is 0.325 e. The minimum atomic E-state index is -4.44. The van der Waals surface area contributed by atoms with Crippen LogP contribution in [0.15, 0.2) is 93.4 Å². The number of piperidine rings is 1. The lowest BCUT2D eigenvalue weighted by molar-refractivity contribution is -0.0411. The van der Waals surface area contributed by atoms with Crippen LogP contribution in [0.2, 0.25) is 5.02 Å². The summed E-state index contributed by atoms with van der Waals surface area (Å²) in [7, 11) is -4.44. The van der Waals surface area contributed by atoms with Crippen molar-refractivity contribution in [1.82, 2.24) is 9.31 Å². The van der Waals surface area contributed by atoms with E-state index in [4.69, 9.17) is 22.4 Å². The van der Waals surface area contributed by atoms with E-state index in [-0.39, 0.29) is 24.3 Å². The van der Waals surface area contributed by atoms with Crippen LogP contribution < -0.4 is 5.73 Å². The number of hydrogen-bond acceptors (Lipinski definition) is 3. The van der Waals surface area contributed by atoms with Crippen molar-refractivity contribution in [3.05, 3.63) is 106 Å². The van der Waals surface area contributed by atoms with Crippen molar-refractivity contribution in [1.29, 1.82) is 0 Å². The van der Waals surface area contributed by atoms with Crippen molar-refractivity contribution in [2.75, 3.05) is 19.6 Å². The van der Waals surface area contributed by atoms with Gasteiger partial charge in [0.15, 0.2) is 0 Å². The van der Waals surface area contributed by atoms with E-state index in [9.17, 15) is 21.6 Å². The second kappa shape index (κ2) is 11.6. The third-order valence-corrected chi connectivity index (χ3v) is 8.49. The molecule has 1 unspecified atom stereocenters. The first-order valence-corrected chi connectivity index (χ1v) is 14.5. The van der Waals surface area contributed by atoms with E-state index < -0.39 is 47.9 Å². The molecule has 2 aliphatic heterocycles. The summed E-state index contributed by atoms with van der Waals surface area (Å²) in [6.45, 7) is -0.626. The van der Waals surface area contributed by atoms with Crippen molar-refractivity contribution >= 4 is 39.3 Å². The number of amidine groups is 1. The van der Waals surface area contributed by atoms with Crippen LogP contribution in [0.25, 0.3) is 0 Å². The molecule has 0 saturated carbocycles. The van der Waals surface area contributed by atoms with Crippen LogP contribution in [0.1, 0.15) is 35.4 Å². The zero-order valence-electron chi connectivity index (χ0n) is 21.7. The van der Waals surface area contributed by atoms with Crippen LogP contribution in [0, 0.1) is 5.82 Å². The minimum Gasteiger partial charge on any atom is -0.383 e. The summed E-state index contributed by atoms with van der Waals surface area (Å²) in [4.78, 5) is 4.30. The van der Waals surface area contributed by atoms with E-state index in [0.717, 1.165) is 15.4 Å². The SMILES string of the molecule is NC(=NC(=NS(=O)(=O)N1CCC(F)(F)CC1)N1CC(c2ccccc2)C(c2ccc(Cl)cc2)=N1)c1ccc(F)cc1. The Bertz CT molecular complexity index is 1590. The number of nitrogens with zero attached hydrogens (tertiary/aromatic N) is 5. The number of alkyl halides is 2. The number of rotatable bonds is 5. The minimum absolute atomic E-state index is 0.129. The lowest BCUT2D eigenvalue weighted by Crippen LogP contribution is -2.42. The highest BCUT2D eigenvalue weighted by atomic mass is 35.5. The molecule has 3 aromatic carbocycles. The number of aliphatic imine (C=N–C) groups is 1. The topological polar surface area (TPSA) is 104 Å². The Labute approximate surface area is 240 Å². The van der Waals surface area contributed by atoms with Crippen LogP contribution in [-0.4, -0.2) is 60.8 Å². The molecule has 41 heavy (non-hydrogen) atoms. The van der Waals surface area contributed by atoms with E-state index in [0.29, 0.717) is 16.3 Å². The molecule has 2 N–H and O–H groups in total. The molecule has 1 atom stereocenters. The van der Waals surface area contributed by atoms with Crippen LogP contribution >= 0.6 is 11.6 Å². The summed E-state index contributed by atoms with van der Waals surface area (Å²) in [5, 5.41) is 6.58. The molecule has 8 nitrogen and oxygen atoms in total. The van der Waals surface area contributed by atoms with Gasteiger partial charge in [-0.25, -0.2) is 18.2 Å². The van der Waals surface area contributed by atoms with E-state index in [1.165, 1.54) is 29.3 Å². The quantitative estimate of drug-likeness (QED) is 0.327. The number of nitrogens with two attached hydrogens (primary N) is 1. The fourth-order valence-electron chi connectivity index (χ4n) is 4.58. The molecule has 0 amide bonds. The van der Waals surface area contributed by atoms with Crippen LogP contribution in [-0.2, 0) is 10.2 Å². The third-order valence-electron chi connectivity index (χ3n) is 6.82. The molecular formula is C28H26ClF3N6O2S. The van der Waals surface area contributed by atoms with Gasteiger partial charge in [0.05, 0.1) is 12.3 Å². The molecule has 0 spiro atoms. The molecule has 0 aliphatic carbocycles. The molecule has 0 aromatic heterocycles. The predicted molar refractivity (Wildman–Crippen MR) is 153 cm³/mol. The van der Waals surface area contributed by atoms with Gasteiger partial charge in [0.2, 0.25) is 0 Å². The van der Waals surface area contributed by atoms with E-state index in [2.05, 4.69) is 9.39 Å². The van der Waals surface area contributed by atoms with Crippen molar-refractivity contribution in [3.63, 3.8) is 0 Å². The maximum atomic E-state index is 13.7. The molecule has 3 aromatic rings. The zero-order valence-corrected chi connectivity index (χ0v) is 23.2. The van der Waals surface area contributed by atoms with Crippen LogP contribution in [0.3, 0.4) is 0 Å². The molecule has 1 saturated heterocycles. The van der Waals surface area contributed by atoms with Gasteiger partial charge >= 0.3 is 10.2 Å². The van der Waals surface area contributed by atoms with Crippen LogP contribution in [0.4, 0.5) is 13.2 Å². The predicted octanol–water partition coefficient (Wildman–Crippen LogP) is 5.02. The molecule has 5 rings (SSSR count). The lowest BCUT2D eigenvalue weighted by Gasteiger charge is -2.29. The maximum absolute atomic E-state index is 13.7. The lowest BCUT2D eigenvalue weighted by atomic mass is 9.91. The van der Waals surface area contributed by atoms with E-state index >= 15 is 0 Å². The Kier molecular flexibility index (Phi) is 8.16. The highest BCUT2D eigenvalue weighted by Crippen LogP contribution is 2.32. The number of hydrazone groups is 1. The highest BCUT2D eigenvalue weighted by molar-refractivity contribution is 7.87. The second-order valence-electron chi connectivity index (χ2n) is 9.67. The van der Waals surface area contributed by atoms with Gasteiger partial charge in [0.25, 0.3) is 11.9 Å². The summed E-state index contributed by atoms with van der Waals surface area (Å²) < 4.78 is 72.4. The fourth-order valence-corrected chi connectivity index (χ4v) is 5.80. The number of halogens is 4. The summed E-state index contributed by atoms with van der Waals surface area (Å²) >= 11 is 6.10. The summed E-state index contributed by atoms with van der Waals surface area (Å²) in [6.07, 6.45) is -1.23. The Morgan fingerprint density at radius 2 is 1.61 bits per heavy atom.